The van der Waals surface area contributed by atoms with Crippen molar-refractivity contribution in [1.82, 2.24) is 14.9 Å². The largest absolute Gasteiger partial charge is 0.369 e. The van der Waals surface area contributed by atoms with Crippen LogP contribution in [0.3, 0.4) is 0 Å². The summed E-state index contributed by atoms with van der Waals surface area (Å²) in [7, 11) is 2.09. The van der Waals surface area contributed by atoms with Gasteiger partial charge in [0, 0.05) is 55.2 Å². The highest BCUT2D eigenvalue weighted by Gasteiger charge is 2.19. The highest BCUT2D eigenvalue weighted by molar-refractivity contribution is 7.13. The molecule has 0 atom stereocenters. The Hall–Kier alpha value is -3.30. The van der Waals surface area contributed by atoms with E-state index in [0.29, 0.717) is 5.69 Å². The van der Waals surface area contributed by atoms with Crippen molar-refractivity contribution in [2.24, 2.45) is 5.73 Å². The third kappa shape index (κ3) is 4.32. The number of hydrogen-bond acceptors (Lipinski definition) is 7. The molecule has 8 nitrogen and oxygen atoms in total. The fourth-order valence-corrected chi connectivity index (χ4v) is 4.10. The van der Waals surface area contributed by atoms with Crippen molar-refractivity contribution >= 4 is 34.5 Å². The number of thiazole rings is 1. The van der Waals surface area contributed by atoms with Crippen LogP contribution in [0.25, 0.3) is 10.6 Å². The van der Waals surface area contributed by atoms with E-state index in [9.17, 15) is 9.59 Å². The summed E-state index contributed by atoms with van der Waals surface area (Å²) in [5, 5.41) is 5.19. The van der Waals surface area contributed by atoms with Crippen LogP contribution in [0.1, 0.15) is 20.8 Å². The second-order valence-corrected chi connectivity index (χ2v) is 7.97. The molecule has 4 rings (SSSR count). The van der Waals surface area contributed by atoms with E-state index in [-0.39, 0.29) is 17.2 Å². The number of nitrogens with two attached hydrogens (primary N) is 1. The van der Waals surface area contributed by atoms with Crippen molar-refractivity contribution in [3.8, 4) is 10.6 Å². The summed E-state index contributed by atoms with van der Waals surface area (Å²) in [5.41, 5.74) is 8.35. The minimum absolute atomic E-state index is 0.282. The Bertz CT molecular complexity index is 1060. The highest BCUT2D eigenvalue weighted by Crippen LogP contribution is 2.26. The zero-order valence-corrected chi connectivity index (χ0v) is 17.4. The maximum absolute atomic E-state index is 12.7. The van der Waals surface area contributed by atoms with Gasteiger partial charge in [0.1, 0.15) is 10.7 Å². The summed E-state index contributed by atoms with van der Waals surface area (Å²) in [4.78, 5) is 37.6. The highest BCUT2D eigenvalue weighted by atomic mass is 32.1. The number of carbonyl (C=O) groups is 2. The zero-order chi connectivity index (χ0) is 21.1. The Morgan fingerprint density at radius 1 is 1.10 bits per heavy atom. The predicted octanol–water partition coefficient (Wildman–Crippen LogP) is 2.31. The number of pyridine rings is 1. The monoisotopic (exact) mass is 422 g/mol. The molecule has 1 fully saturated rings. The maximum Gasteiger partial charge on any atom is 0.275 e. The number of primary amides is 1. The van der Waals surface area contributed by atoms with E-state index in [0.717, 1.165) is 42.4 Å². The molecule has 0 aliphatic carbocycles. The number of nitrogens with one attached hydrogen (secondary N) is 1. The van der Waals surface area contributed by atoms with Gasteiger partial charge < -0.3 is 20.9 Å². The Morgan fingerprint density at radius 2 is 1.83 bits per heavy atom. The van der Waals surface area contributed by atoms with Crippen LogP contribution in [0.5, 0.6) is 0 Å². The van der Waals surface area contributed by atoms with Gasteiger partial charge in [0.2, 0.25) is 0 Å². The third-order valence-corrected chi connectivity index (χ3v) is 5.94. The number of benzene rings is 1. The van der Waals surface area contributed by atoms with Crippen LogP contribution in [-0.4, -0.2) is 59.9 Å². The quantitative estimate of drug-likeness (QED) is 0.654. The molecule has 1 aliphatic rings. The maximum atomic E-state index is 12.7. The van der Waals surface area contributed by atoms with Gasteiger partial charge in [0.25, 0.3) is 11.8 Å². The fourth-order valence-electron chi connectivity index (χ4n) is 3.30. The van der Waals surface area contributed by atoms with Crippen LogP contribution in [0.15, 0.2) is 48.1 Å². The molecule has 0 bridgehead atoms. The molecule has 1 aromatic carbocycles. The molecule has 9 heteroatoms. The summed E-state index contributed by atoms with van der Waals surface area (Å²) in [6.45, 7) is 3.65. The lowest BCUT2D eigenvalue weighted by Crippen LogP contribution is -2.44. The van der Waals surface area contributed by atoms with E-state index in [4.69, 9.17) is 5.73 Å². The molecule has 3 heterocycles. The Labute approximate surface area is 178 Å². The fraction of sp³-hybridized carbons (Fsp3) is 0.238. The van der Waals surface area contributed by atoms with Gasteiger partial charge >= 0.3 is 0 Å². The van der Waals surface area contributed by atoms with Crippen molar-refractivity contribution < 1.29 is 9.59 Å². The van der Waals surface area contributed by atoms with Gasteiger partial charge in [-0.1, -0.05) is 0 Å². The van der Waals surface area contributed by atoms with Gasteiger partial charge in [0.05, 0.1) is 11.3 Å². The van der Waals surface area contributed by atoms with Gasteiger partial charge in [-0.05, 0) is 37.4 Å². The van der Waals surface area contributed by atoms with Gasteiger partial charge in [-0.3, -0.25) is 14.6 Å². The number of amides is 2. The minimum Gasteiger partial charge on any atom is -0.369 e. The Morgan fingerprint density at radius 3 is 2.53 bits per heavy atom. The van der Waals surface area contributed by atoms with Gasteiger partial charge in [0.15, 0.2) is 0 Å². The van der Waals surface area contributed by atoms with Crippen molar-refractivity contribution in [2.75, 3.05) is 43.4 Å². The normalized spacial score (nSPS) is 14.5. The Kier molecular flexibility index (Phi) is 5.73. The first kappa shape index (κ1) is 20.0. The molecule has 1 aliphatic heterocycles. The third-order valence-electron chi connectivity index (χ3n) is 5.05. The second-order valence-electron chi connectivity index (χ2n) is 7.11. The van der Waals surface area contributed by atoms with E-state index in [1.165, 1.54) is 11.3 Å². The van der Waals surface area contributed by atoms with Gasteiger partial charge in [-0.15, -0.1) is 11.3 Å². The average Bonchev–Trinajstić information content (AvgIpc) is 3.26. The smallest absolute Gasteiger partial charge is 0.275 e. The van der Waals surface area contributed by atoms with E-state index < -0.39 is 5.91 Å². The second kappa shape index (κ2) is 8.60. The lowest BCUT2D eigenvalue weighted by Gasteiger charge is -2.34. The number of aromatic nitrogens is 2. The summed E-state index contributed by atoms with van der Waals surface area (Å²) in [6.07, 6.45) is 3.36. The number of carbonyl (C=O) groups excluding carboxylic acids is 2. The number of piperazine rings is 1. The number of nitrogens with zero attached hydrogens (tertiary/aromatic N) is 4. The van der Waals surface area contributed by atoms with Crippen LogP contribution in [0, 0.1) is 0 Å². The van der Waals surface area contributed by atoms with Gasteiger partial charge in [-0.25, -0.2) is 4.98 Å². The van der Waals surface area contributed by atoms with Crippen LogP contribution in [-0.2, 0) is 0 Å². The van der Waals surface area contributed by atoms with Crippen LogP contribution in [0.4, 0.5) is 11.4 Å². The summed E-state index contributed by atoms with van der Waals surface area (Å²) >= 11 is 1.37. The van der Waals surface area contributed by atoms with E-state index in [2.05, 4.69) is 32.1 Å². The number of likely N-dealkylation sites (N-methyl/N-ethyl adjacent to an activating group) is 1. The lowest BCUT2D eigenvalue weighted by atomic mass is 10.1. The van der Waals surface area contributed by atoms with E-state index in [1.54, 1.807) is 29.9 Å². The number of rotatable bonds is 5. The molecule has 1 saturated heterocycles. The first-order chi connectivity index (χ1) is 14.5. The van der Waals surface area contributed by atoms with Crippen LogP contribution >= 0.6 is 11.3 Å². The number of hydrogen-bond donors (Lipinski definition) is 2. The van der Waals surface area contributed by atoms with Crippen molar-refractivity contribution in [2.45, 2.75) is 0 Å². The van der Waals surface area contributed by atoms with Crippen LogP contribution < -0.4 is 16.0 Å². The molecular formula is C21H22N6O2S. The number of anilines is 2. The summed E-state index contributed by atoms with van der Waals surface area (Å²) < 4.78 is 0. The van der Waals surface area contributed by atoms with Crippen molar-refractivity contribution in [3.63, 3.8) is 0 Å². The standard InChI is InChI=1S/C21H22N6O2S/c1-26-8-10-27(11-9-26)15-2-3-17(16(12-15)19(22)28)24-20(29)18-13-30-21(25-18)14-4-6-23-7-5-14/h2-7,12-13H,8-11H2,1H3,(H2,22,28)(H,24,29). The van der Waals surface area contributed by atoms with Crippen molar-refractivity contribution in [3.05, 3.63) is 59.4 Å². The molecule has 2 aromatic heterocycles. The topological polar surface area (TPSA) is 104 Å². The molecule has 0 unspecified atom stereocenters. The predicted molar refractivity (Wildman–Crippen MR) is 118 cm³/mol. The minimum atomic E-state index is -0.586. The first-order valence-electron chi connectivity index (χ1n) is 9.56. The SMILES string of the molecule is CN1CCN(c2ccc(NC(=O)c3csc(-c4ccncc4)n3)c(C(N)=O)c2)CC1. The van der Waals surface area contributed by atoms with E-state index >= 15 is 0 Å². The molecule has 0 spiro atoms. The summed E-state index contributed by atoms with van der Waals surface area (Å²) in [6, 6.07) is 9.04. The Balaban J connectivity index is 1.53. The van der Waals surface area contributed by atoms with Crippen molar-refractivity contribution in [1.29, 1.82) is 0 Å². The van der Waals surface area contributed by atoms with E-state index in [1.807, 2.05) is 18.2 Å². The lowest BCUT2D eigenvalue weighted by molar-refractivity contribution is 0.100. The summed E-state index contributed by atoms with van der Waals surface area (Å²) in [5.74, 6) is -0.974. The van der Waals surface area contributed by atoms with Gasteiger partial charge in [-0.2, -0.15) is 0 Å². The zero-order valence-electron chi connectivity index (χ0n) is 16.5. The van der Waals surface area contributed by atoms with Crippen LogP contribution in [0.2, 0.25) is 0 Å². The molecule has 154 valence electrons. The molecule has 0 saturated carbocycles. The molecular weight excluding hydrogens is 400 g/mol. The molecule has 2 amide bonds. The first-order valence-corrected chi connectivity index (χ1v) is 10.4. The molecule has 0 radical (unpaired) electrons. The molecule has 3 aromatic rings. The average molecular weight is 423 g/mol. The molecule has 30 heavy (non-hydrogen) atoms. The molecule has 3 N–H and O–H groups in total.